The molecule has 76 valence electrons. The van der Waals surface area contributed by atoms with Crippen LogP contribution < -0.4 is 4.90 Å². The van der Waals surface area contributed by atoms with Crippen LogP contribution in [0.2, 0.25) is 5.15 Å². The van der Waals surface area contributed by atoms with Gasteiger partial charge in [-0.05, 0) is 38.3 Å². The van der Waals surface area contributed by atoms with Crippen molar-refractivity contribution in [2.45, 2.75) is 32.2 Å². The van der Waals surface area contributed by atoms with Crippen LogP contribution >= 0.6 is 11.6 Å². The standard InChI is InChI=1S/C10H14ClN3/c1-8-4-2-3-7-14(8)10-6-5-9(11)12-13-10/h5-6,8H,2-4,7H2,1H3/t8-/m0/s1. The molecule has 0 radical (unpaired) electrons. The first-order valence-corrected chi connectivity index (χ1v) is 5.41. The van der Waals surface area contributed by atoms with Crippen molar-refractivity contribution in [3.63, 3.8) is 0 Å². The average Bonchev–Trinajstić information content (AvgIpc) is 2.20. The molecule has 0 amide bonds. The van der Waals surface area contributed by atoms with Crippen molar-refractivity contribution in [3.05, 3.63) is 17.3 Å². The summed E-state index contributed by atoms with van der Waals surface area (Å²) in [6.07, 6.45) is 3.80. The fraction of sp³-hybridized carbons (Fsp3) is 0.600. The normalized spacial score (nSPS) is 22.4. The third kappa shape index (κ3) is 1.98. The molecule has 1 saturated heterocycles. The minimum Gasteiger partial charge on any atom is -0.352 e. The molecule has 0 N–H and O–H groups in total. The second-order valence-electron chi connectivity index (χ2n) is 3.75. The summed E-state index contributed by atoms with van der Waals surface area (Å²) in [5.41, 5.74) is 0. The van der Waals surface area contributed by atoms with E-state index in [0.717, 1.165) is 12.4 Å². The van der Waals surface area contributed by atoms with Gasteiger partial charge in [0.1, 0.15) is 0 Å². The summed E-state index contributed by atoms with van der Waals surface area (Å²) >= 11 is 5.69. The third-order valence-electron chi connectivity index (χ3n) is 2.72. The zero-order chi connectivity index (χ0) is 9.97. The first-order valence-electron chi connectivity index (χ1n) is 5.03. The number of hydrogen-bond donors (Lipinski definition) is 0. The second kappa shape index (κ2) is 4.13. The summed E-state index contributed by atoms with van der Waals surface area (Å²) in [5, 5.41) is 8.42. The number of piperidine rings is 1. The van der Waals surface area contributed by atoms with Crippen LogP contribution in [0, 0.1) is 0 Å². The van der Waals surface area contributed by atoms with E-state index in [0.29, 0.717) is 11.2 Å². The fourth-order valence-corrected chi connectivity index (χ4v) is 2.00. The molecule has 3 nitrogen and oxygen atoms in total. The number of rotatable bonds is 1. The van der Waals surface area contributed by atoms with Crippen molar-refractivity contribution in [2.24, 2.45) is 0 Å². The fourth-order valence-electron chi connectivity index (χ4n) is 1.90. The highest BCUT2D eigenvalue weighted by atomic mass is 35.5. The molecule has 0 bridgehead atoms. The number of anilines is 1. The lowest BCUT2D eigenvalue weighted by Crippen LogP contribution is -2.38. The first kappa shape index (κ1) is 9.71. The van der Waals surface area contributed by atoms with Gasteiger partial charge in [-0.1, -0.05) is 11.6 Å². The van der Waals surface area contributed by atoms with Crippen molar-refractivity contribution in [1.29, 1.82) is 0 Å². The molecule has 14 heavy (non-hydrogen) atoms. The van der Waals surface area contributed by atoms with Crippen LogP contribution in [0.3, 0.4) is 0 Å². The summed E-state index contributed by atoms with van der Waals surface area (Å²) < 4.78 is 0. The summed E-state index contributed by atoms with van der Waals surface area (Å²) in [6.45, 7) is 3.31. The van der Waals surface area contributed by atoms with Crippen LogP contribution in [-0.2, 0) is 0 Å². The Bertz CT molecular complexity index is 299. The molecule has 1 aliphatic rings. The maximum absolute atomic E-state index is 5.69. The van der Waals surface area contributed by atoms with Gasteiger partial charge in [0.2, 0.25) is 0 Å². The van der Waals surface area contributed by atoms with Crippen LogP contribution in [-0.4, -0.2) is 22.8 Å². The van der Waals surface area contributed by atoms with E-state index in [-0.39, 0.29) is 0 Å². The van der Waals surface area contributed by atoms with E-state index in [2.05, 4.69) is 22.0 Å². The predicted octanol–water partition coefficient (Wildman–Crippen LogP) is 2.51. The predicted molar refractivity (Wildman–Crippen MR) is 57.7 cm³/mol. The van der Waals surface area contributed by atoms with Crippen LogP contribution in [0.5, 0.6) is 0 Å². The summed E-state index contributed by atoms with van der Waals surface area (Å²) in [4.78, 5) is 2.30. The molecule has 0 spiro atoms. The lowest BCUT2D eigenvalue weighted by molar-refractivity contribution is 0.479. The monoisotopic (exact) mass is 211 g/mol. The van der Waals surface area contributed by atoms with Gasteiger partial charge in [-0.2, -0.15) is 0 Å². The molecule has 2 heterocycles. The topological polar surface area (TPSA) is 29.0 Å². The minimum atomic E-state index is 0.457. The Morgan fingerprint density at radius 3 is 2.86 bits per heavy atom. The highest BCUT2D eigenvalue weighted by Gasteiger charge is 2.19. The zero-order valence-electron chi connectivity index (χ0n) is 8.28. The van der Waals surface area contributed by atoms with Gasteiger partial charge in [-0.25, -0.2) is 0 Å². The molecular weight excluding hydrogens is 198 g/mol. The van der Waals surface area contributed by atoms with E-state index < -0.39 is 0 Å². The molecule has 1 aromatic rings. The van der Waals surface area contributed by atoms with Crippen LogP contribution in [0.1, 0.15) is 26.2 Å². The molecular formula is C10H14ClN3. The molecule has 1 aromatic heterocycles. The van der Waals surface area contributed by atoms with E-state index in [1.165, 1.54) is 19.3 Å². The van der Waals surface area contributed by atoms with Crippen molar-refractivity contribution < 1.29 is 0 Å². The Balaban J connectivity index is 2.16. The van der Waals surface area contributed by atoms with Crippen molar-refractivity contribution in [1.82, 2.24) is 10.2 Å². The van der Waals surface area contributed by atoms with Crippen molar-refractivity contribution >= 4 is 17.4 Å². The van der Waals surface area contributed by atoms with Crippen molar-refractivity contribution in [2.75, 3.05) is 11.4 Å². The number of hydrogen-bond acceptors (Lipinski definition) is 3. The number of nitrogens with zero attached hydrogens (tertiary/aromatic N) is 3. The van der Waals surface area contributed by atoms with Gasteiger partial charge in [0.05, 0.1) is 0 Å². The Morgan fingerprint density at radius 2 is 2.21 bits per heavy atom. The van der Waals surface area contributed by atoms with Crippen molar-refractivity contribution in [3.8, 4) is 0 Å². The van der Waals surface area contributed by atoms with Crippen LogP contribution in [0.4, 0.5) is 5.82 Å². The minimum absolute atomic E-state index is 0.457. The molecule has 0 aromatic carbocycles. The van der Waals surface area contributed by atoms with E-state index in [9.17, 15) is 0 Å². The maximum atomic E-state index is 5.69. The van der Waals surface area contributed by atoms with E-state index in [1.807, 2.05) is 6.07 Å². The van der Waals surface area contributed by atoms with Gasteiger partial charge < -0.3 is 4.90 Å². The Hall–Kier alpha value is -0.830. The average molecular weight is 212 g/mol. The third-order valence-corrected chi connectivity index (χ3v) is 2.92. The second-order valence-corrected chi connectivity index (χ2v) is 4.14. The van der Waals surface area contributed by atoms with E-state index >= 15 is 0 Å². The van der Waals surface area contributed by atoms with Gasteiger partial charge in [0, 0.05) is 12.6 Å². The molecule has 0 aliphatic carbocycles. The summed E-state index contributed by atoms with van der Waals surface area (Å²) in [5.74, 6) is 0.946. The SMILES string of the molecule is C[C@H]1CCCCN1c1ccc(Cl)nn1. The Labute approximate surface area is 89.1 Å². The van der Waals surface area contributed by atoms with Gasteiger partial charge in [0.15, 0.2) is 11.0 Å². The highest BCUT2D eigenvalue weighted by Crippen LogP contribution is 2.22. The smallest absolute Gasteiger partial charge is 0.151 e. The largest absolute Gasteiger partial charge is 0.352 e. The van der Waals surface area contributed by atoms with E-state index in [1.54, 1.807) is 6.07 Å². The molecule has 4 heteroatoms. The lowest BCUT2D eigenvalue weighted by Gasteiger charge is -2.33. The van der Waals surface area contributed by atoms with E-state index in [4.69, 9.17) is 11.6 Å². The van der Waals surface area contributed by atoms with Gasteiger partial charge in [0.25, 0.3) is 0 Å². The molecule has 1 atom stereocenters. The van der Waals surface area contributed by atoms with Gasteiger partial charge in [-0.15, -0.1) is 10.2 Å². The molecule has 1 fully saturated rings. The van der Waals surface area contributed by atoms with Crippen LogP contribution in [0.25, 0.3) is 0 Å². The maximum Gasteiger partial charge on any atom is 0.151 e. The Morgan fingerprint density at radius 1 is 1.36 bits per heavy atom. The quantitative estimate of drug-likeness (QED) is 0.715. The first-order chi connectivity index (χ1) is 6.77. The summed E-state index contributed by atoms with van der Waals surface area (Å²) in [6, 6.07) is 4.31. The summed E-state index contributed by atoms with van der Waals surface area (Å²) in [7, 11) is 0. The number of halogens is 1. The molecule has 2 rings (SSSR count). The Kier molecular flexibility index (Phi) is 2.87. The zero-order valence-corrected chi connectivity index (χ0v) is 9.04. The number of aromatic nitrogens is 2. The molecule has 0 saturated carbocycles. The molecule has 1 aliphatic heterocycles. The van der Waals surface area contributed by atoms with Gasteiger partial charge in [-0.3, -0.25) is 0 Å². The van der Waals surface area contributed by atoms with Crippen LogP contribution in [0.15, 0.2) is 12.1 Å². The highest BCUT2D eigenvalue weighted by molar-refractivity contribution is 6.29. The lowest BCUT2D eigenvalue weighted by atomic mass is 10.0. The van der Waals surface area contributed by atoms with Gasteiger partial charge >= 0.3 is 0 Å². The molecule has 0 unspecified atom stereocenters.